The number of anilines is 1. The summed E-state index contributed by atoms with van der Waals surface area (Å²) >= 11 is 0. The first-order valence-electron chi connectivity index (χ1n) is 12.8. The summed E-state index contributed by atoms with van der Waals surface area (Å²) in [4.78, 5) is 32.9. The van der Waals surface area contributed by atoms with Crippen molar-refractivity contribution in [1.29, 1.82) is 0 Å². The smallest absolute Gasteiger partial charge is 0.253 e. The summed E-state index contributed by atoms with van der Waals surface area (Å²) in [5.41, 5.74) is 3.55. The van der Waals surface area contributed by atoms with Gasteiger partial charge in [0.15, 0.2) is 9.84 Å². The molecule has 2 amide bonds. The molecule has 4 aromatic rings. The van der Waals surface area contributed by atoms with E-state index < -0.39 is 9.84 Å². The van der Waals surface area contributed by atoms with Crippen LogP contribution in [0.15, 0.2) is 90.0 Å². The van der Waals surface area contributed by atoms with E-state index in [1.54, 1.807) is 48.7 Å². The molecule has 2 heterocycles. The molecule has 0 aliphatic carbocycles. The van der Waals surface area contributed by atoms with Crippen molar-refractivity contribution >= 4 is 38.2 Å². The van der Waals surface area contributed by atoms with Gasteiger partial charge in [0.25, 0.3) is 5.91 Å². The molecule has 9 heteroatoms. The van der Waals surface area contributed by atoms with Gasteiger partial charge in [-0.05, 0) is 47.5 Å². The van der Waals surface area contributed by atoms with Crippen molar-refractivity contribution in [2.45, 2.75) is 24.1 Å². The Bertz CT molecular complexity index is 1590. The van der Waals surface area contributed by atoms with Crippen LogP contribution < -0.4 is 5.32 Å². The molecule has 1 fully saturated rings. The van der Waals surface area contributed by atoms with Crippen LogP contribution >= 0.6 is 0 Å². The number of sulfone groups is 1. The van der Waals surface area contributed by atoms with Gasteiger partial charge in [-0.1, -0.05) is 42.5 Å². The van der Waals surface area contributed by atoms with Crippen molar-refractivity contribution in [2.75, 3.05) is 31.5 Å². The van der Waals surface area contributed by atoms with E-state index in [-0.39, 0.29) is 22.5 Å². The number of carbonyl (C=O) groups is 2. The number of hydrogen-bond acceptors (Lipinski definition) is 6. The van der Waals surface area contributed by atoms with Gasteiger partial charge in [0.05, 0.1) is 16.2 Å². The highest BCUT2D eigenvalue weighted by atomic mass is 32.2. The maximum atomic E-state index is 13.2. The highest BCUT2D eigenvalue weighted by molar-refractivity contribution is 7.90. The molecule has 0 spiro atoms. The third-order valence-electron chi connectivity index (χ3n) is 6.83. The lowest BCUT2D eigenvalue weighted by molar-refractivity contribution is -0.114. The van der Waals surface area contributed by atoms with Gasteiger partial charge in [-0.15, -0.1) is 0 Å². The van der Waals surface area contributed by atoms with Crippen LogP contribution in [0.1, 0.15) is 28.4 Å². The molecule has 0 saturated carbocycles. The van der Waals surface area contributed by atoms with Gasteiger partial charge in [0.2, 0.25) is 5.91 Å². The number of rotatable bonds is 7. The number of piperazine rings is 1. The topological polar surface area (TPSA) is 99.7 Å². The van der Waals surface area contributed by atoms with E-state index in [0.717, 1.165) is 36.3 Å². The number of benzene rings is 3. The normalized spacial score (nSPS) is 14.3. The van der Waals surface area contributed by atoms with E-state index in [4.69, 9.17) is 0 Å². The monoisotopic (exact) mass is 542 g/mol. The fourth-order valence-electron chi connectivity index (χ4n) is 4.81. The van der Waals surface area contributed by atoms with Crippen LogP contribution in [0.2, 0.25) is 0 Å². The van der Waals surface area contributed by atoms with Crippen molar-refractivity contribution in [1.82, 2.24) is 14.8 Å². The molecule has 1 N–H and O–H groups in total. The van der Waals surface area contributed by atoms with Crippen molar-refractivity contribution in [2.24, 2.45) is 0 Å². The summed E-state index contributed by atoms with van der Waals surface area (Å²) in [7, 11) is -3.62. The van der Waals surface area contributed by atoms with Gasteiger partial charge in [0, 0.05) is 62.5 Å². The molecular formula is C30H30N4O4S. The zero-order valence-corrected chi connectivity index (χ0v) is 22.5. The molecule has 39 heavy (non-hydrogen) atoms. The fraction of sp³-hybridized carbons (Fsp3) is 0.233. The third-order valence-corrected chi connectivity index (χ3v) is 8.54. The average molecular weight is 543 g/mol. The predicted molar refractivity (Wildman–Crippen MR) is 151 cm³/mol. The van der Waals surface area contributed by atoms with Gasteiger partial charge in [-0.25, -0.2) is 8.42 Å². The third kappa shape index (κ3) is 6.32. The number of hydrogen-bond donors (Lipinski definition) is 1. The first kappa shape index (κ1) is 26.5. The van der Waals surface area contributed by atoms with Crippen molar-refractivity contribution in [3.63, 3.8) is 0 Å². The van der Waals surface area contributed by atoms with E-state index in [2.05, 4.69) is 15.2 Å². The SMILES string of the molecule is CC(=O)Nc1ccc(CN2CCN(C(=O)c3ccc(CS(=O)(=O)c4cccc5cccnc45)cc3)CC2)cc1. The number of amides is 2. The van der Waals surface area contributed by atoms with Crippen LogP contribution in [0.5, 0.6) is 0 Å². The van der Waals surface area contributed by atoms with Gasteiger partial charge in [0.1, 0.15) is 0 Å². The number of aromatic nitrogens is 1. The van der Waals surface area contributed by atoms with Crippen LogP contribution in [-0.2, 0) is 26.9 Å². The quantitative estimate of drug-likeness (QED) is 0.377. The Balaban J connectivity index is 1.17. The fourth-order valence-corrected chi connectivity index (χ4v) is 6.35. The van der Waals surface area contributed by atoms with Crippen LogP contribution in [0.3, 0.4) is 0 Å². The second-order valence-corrected chi connectivity index (χ2v) is 11.7. The molecule has 1 aliphatic rings. The predicted octanol–water partition coefficient (Wildman–Crippen LogP) is 4.13. The molecule has 0 unspecified atom stereocenters. The summed E-state index contributed by atoms with van der Waals surface area (Å²) in [5, 5.41) is 3.55. The van der Waals surface area contributed by atoms with Crippen LogP contribution in [0, 0.1) is 0 Å². The Hall–Kier alpha value is -4.08. The van der Waals surface area contributed by atoms with E-state index in [1.807, 2.05) is 41.3 Å². The maximum absolute atomic E-state index is 13.2. The van der Waals surface area contributed by atoms with Crippen molar-refractivity contribution in [3.8, 4) is 0 Å². The van der Waals surface area contributed by atoms with E-state index in [9.17, 15) is 18.0 Å². The van der Waals surface area contributed by atoms with Gasteiger partial charge in [-0.3, -0.25) is 19.5 Å². The Morgan fingerprint density at radius 1 is 0.846 bits per heavy atom. The molecule has 0 radical (unpaired) electrons. The van der Waals surface area contributed by atoms with Gasteiger partial charge >= 0.3 is 0 Å². The standard InChI is InChI=1S/C30H30N4O4S/c1-22(35)32-27-13-9-23(10-14-27)20-33-16-18-34(19-17-33)30(36)26-11-7-24(8-12-26)21-39(37,38)28-6-2-4-25-5-3-15-31-29(25)28/h2-15H,16-21H2,1H3,(H,32,35). The number of nitrogens with one attached hydrogen (secondary N) is 1. The maximum Gasteiger partial charge on any atom is 0.253 e. The lowest BCUT2D eigenvalue weighted by Crippen LogP contribution is -2.48. The lowest BCUT2D eigenvalue weighted by Gasteiger charge is -2.34. The molecule has 1 aliphatic heterocycles. The highest BCUT2D eigenvalue weighted by Gasteiger charge is 2.23. The van der Waals surface area contributed by atoms with Crippen molar-refractivity contribution in [3.05, 3.63) is 102 Å². The van der Waals surface area contributed by atoms with Gasteiger partial charge < -0.3 is 10.2 Å². The molecule has 1 saturated heterocycles. The molecule has 3 aromatic carbocycles. The number of fused-ring (bicyclic) bond motifs is 1. The van der Waals surface area contributed by atoms with Crippen LogP contribution in [-0.4, -0.2) is 61.2 Å². The zero-order chi connectivity index (χ0) is 27.4. The minimum absolute atomic E-state index is 0.0537. The zero-order valence-electron chi connectivity index (χ0n) is 21.7. The summed E-state index contributed by atoms with van der Waals surface area (Å²) in [5.74, 6) is -0.314. The van der Waals surface area contributed by atoms with Crippen LogP contribution in [0.25, 0.3) is 10.9 Å². The first-order chi connectivity index (χ1) is 18.8. The number of nitrogens with zero attached hydrogens (tertiary/aromatic N) is 3. The minimum Gasteiger partial charge on any atom is -0.336 e. The number of pyridine rings is 1. The number of carbonyl (C=O) groups excluding carboxylic acids is 2. The van der Waals surface area contributed by atoms with Crippen molar-refractivity contribution < 1.29 is 18.0 Å². The molecular weight excluding hydrogens is 512 g/mol. The summed E-state index contributed by atoms with van der Waals surface area (Å²) in [6.45, 7) is 5.01. The second-order valence-electron chi connectivity index (χ2n) is 9.73. The van der Waals surface area contributed by atoms with Crippen LogP contribution in [0.4, 0.5) is 5.69 Å². The summed E-state index contributed by atoms with van der Waals surface area (Å²) < 4.78 is 26.3. The Morgan fingerprint density at radius 3 is 2.21 bits per heavy atom. The summed E-state index contributed by atoms with van der Waals surface area (Å²) in [6.07, 6.45) is 1.59. The van der Waals surface area contributed by atoms with E-state index in [1.165, 1.54) is 6.92 Å². The van der Waals surface area contributed by atoms with Gasteiger partial charge in [-0.2, -0.15) is 0 Å². The summed E-state index contributed by atoms with van der Waals surface area (Å²) in [6, 6.07) is 23.4. The Kier molecular flexibility index (Phi) is 7.72. The first-order valence-corrected chi connectivity index (χ1v) is 14.5. The second kappa shape index (κ2) is 11.3. The molecule has 8 nitrogen and oxygen atoms in total. The molecule has 0 bridgehead atoms. The Morgan fingerprint density at radius 2 is 1.51 bits per heavy atom. The largest absolute Gasteiger partial charge is 0.336 e. The average Bonchev–Trinajstić information content (AvgIpc) is 2.94. The Labute approximate surface area is 228 Å². The highest BCUT2D eigenvalue weighted by Crippen LogP contribution is 2.24. The van der Waals surface area contributed by atoms with E-state index >= 15 is 0 Å². The minimum atomic E-state index is -3.62. The lowest BCUT2D eigenvalue weighted by atomic mass is 10.1. The molecule has 0 atom stereocenters. The number of para-hydroxylation sites is 1. The van der Waals surface area contributed by atoms with E-state index in [0.29, 0.717) is 29.7 Å². The molecule has 200 valence electrons. The molecule has 1 aromatic heterocycles. The molecule has 5 rings (SSSR count).